The van der Waals surface area contributed by atoms with Crippen LogP contribution in [-0.4, -0.2) is 59.7 Å². The Bertz CT molecular complexity index is 847. The van der Waals surface area contributed by atoms with Gasteiger partial charge in [0.1, 0.15) is 5.82 Å². The first kappa shape index (κ1) is 18.6. The Balaban J connectivity index is 1.33. The number of piperazine rings is 1. The molecular weight excluding hydrogens is 356 g/mol. The molecule has 1 amide bonds. The molecule has 148 valence electrons. The fourth-order valence-electron chi connectivity index (χ4n) is 3.53. The van der Waals surface area contributed by atoms with E-state index in [0.29, 0.717) is 12.4 Å². The number of anilines is 1. The maximum atomic E-state index is 12.9. The Kier molecular flexibility index (Phi) is 5.34. The molecule has 1 N–H and O–H groups in total. The van der Waals surface area contributed by atoms with E-state index in [9.17, 15) is 4.79 Å². The molecule has 28 heavy (non-hydrogen) atoms. The Morgan fingerprint density at radius 3 is 2.68 bits per heavy atom. The van der Waals surface area contributed by atoms with E-state index in [-0.39, 0.29) is 11.9 Å². The minimum Gasteiger partial charge on any atom is -0.454 e. The first-order valence-electron chi connectivity index (χ1n) is 9.71. The molecule has 7 nitrogen and oxygen atoms in total. The van der Waals surface area contributed by atoms with Crippen molar-refractivity contribution in [2.24, 2.45) is 0 Å². The number of rotatable bonds is 5. The summed E-state index contributed by atoms with van der Waals surface area (Å²) >= 11 is 0. The highest BCUT2D eigenvalue weighted by molar-refractivity contribution is 5.94. The van der Waals surface area contributed by atoms with Gasteiger partial charge in [-0.15, -0.1) is 0 Å². The molecule has 0 saturated carbocycles. The zero-order valence-corrected chi connectivity index (χ0v) is 16.4. The van der Waals surface area contributed by atoms with Gasteiger partial charge < -0.3 is 19.7 Å². The van der Waals surface area contributed by atoms with Crippen LogP contribution < -0.4 is 14.8 Å². The molecule has 4 rings (SSSR count). The Morgan fingerprint density at radius 1 is 1.11 bits per heavy atom. The standard InChI is InChI=1S/C21H26N4O3/c1-15(2)23-20-12-17(5-6-22-20)21(26)25-9-7-24(8-10-25)13-16-3-4-18-19(11-16)28-14-27-18/h3-6,11-12,15H,7-10,13-14H2,1-2H3,(H,22,23). The molecule has 3 heterocycles. The smallest absolute Gasteiger partial charge is 0.254 e. The number of nitrogens with one attached hydrogen (secondary N) is 1. The maximum Gasteiger partial charge on any atom is 0.254 e. The topological polar surface area (TPSA) is 66.9 Å². The van der Waals surface area contributed by atoms with E-state index in [1.165, 1.54) is 5.56 Å². The summed E-state index contributed by atoms with van der Waals surface area (Å²) in [5.74, 6) is 2.43. The van der Waals surface area contributed by atoms with Crippen molar-refractivity contribution in [2.75, 3.05) is 38.3 Å². The molecule has 0 radical (unpaired) electrons. The first-order chi connectivity index (χ1) is 13.6. The number of fused-ring (bicyclic) bond motifs is 1. The van der Waals surface area contributed by atoms with Crippen molar-refractivity contribution >= 4 is 11.7 Å². The zero-order chi connectivity index (χ0) is 19.5. The molecule has 2 aliphatic heterocycles. The second-order valence-electron chi connectivity index (χ2n) is 7.48. The Labute approximate surface area is 165 Å². The van der Waals surface area contributed by atoms with E-state index in [4.69, 9.17) is 9.47 Å². The Hall–Kier alpha value is -2.80. The van der Waals surface area contributed by atoms with Crippen LogP contribution in [0, 0.1) is 0 Å². The average Bonchev–Trinajstić information content (AvgIpc) is 3.15. The van der Waals surface area contributed by atoms with Crippen LogP contribution in [0.4, 0.5) is 5.82 Å². The molecule has 1 saturated heterocycles. The number of benzene rings is 1. The van der Waals surface area contributed by atoms with Gasteiger partial charge in [0, 0.05) is 50.5 Å². The summed E-state index contributed by atoms with van der Waals surface area (Å²) in [5.41, 5.74) is 1.88. The summed E-state index contributed by atoms with van der Waals surface area (Å²) in [7, 11) is 0. The lowest BCUT2D eigenvalue weighted by atomic mass is 10.1. The van der Waals surface area contributed by atoms with Crippen LogP contribution in [0.3, 0.4) is 0 Å². The van der Waals surface area contributed by atoms with Gasteiger partial charge in [-0.25, -0.2) is 4.98 Å². The van der Waals surface area contributed by atoms with Crippen molar-refractivity contribution in [2.45, 2.75) is 26.4 Å². The number of carbonyl (C=O) groups is 1. The number of aromatic nitrogens is 1. The third kappa shape index (κ3) is 4.20. The van der Waals surface area contributed by atoms with Gasteiger partial charge in [0.25, 0.3) is 5.91 Å². The summed E-state index contributed by atoms with van der Waals surface area (Å²) in [6.45, 7) is 8.38. The van der Waals surface area contributed by atoms with Crippen LogP contribution in [0.1, 0.15) is 29.8 Å². The quantitative estimate of drug-likeness (QED) is 0.857. The van der Waals surface area contributed by atoms with Gasteiger partial charge in [0.15, 0.2) is 11.5 Å². The van der Waals surface area contributed by atoms with Gasteiger partial charge >= 0.3 is 0 Å². The average molecular weight is 382 g/mol. The predicted octanol–water partition coefficient (Wildman–Crippen LogP) is 2.59. The van der Waals surface area contributed by atoms with E-state index in [1.54, 1.807) is 12.3 Å². The molecule has 2 aromatic rings. The van der Waals surface area contributed by atoms with Crippen molar-refractivity contribution in [3.8, 4) is 11.5 Å². The number of ether oxygens (including phenoxy) is 2. The second-order valence-corrected chi connectivity index (χ2v) is 7.48. The normalized spacial score (nSPS) is 16.5. The monoisotopic (exact) mass is 382 g/mol. The molecular formula is C21H26N4O3. The SMILES string of the molecule is CC(C)Nc1cc(C(=O)N2CCN(Cc3ccc4c(c3)OCO4)CC2)ccn1. The van der Waals surface area contributed by atoms with E-state index < -0.39 is 0 Å². The molecule has 0 bridgehead atoms. The highest BCUT2D eigenvalue weighted by Crippen LogP contribution is 2.32. The minimum atomic E-state index is 0.0666. The van der Waals surface area contributed by atoms with Gasteiger partial charge in [-0.05, 0) is 43.7 Å². The van der Waals surface area contributed by atoms with E-state index in [2.05, 4.69) is 35.1 Å². The largest absolute Gasteiger partial charge is 0.454 e. The molecule has 1 aromatic carbocycles. The fourth-order valence-corrected chi connectivity index (χ4v) is 3.53. The molecule has 0 aliphatic carbocycles. The third-order valence-electron chi connectivity index (χ3n) is 4.95. The minimum absolute atomic E-state index is 0.0666. The number of pyridine rings is 1. The molecule has 0 spiro atoms. The lowest BCUT2D eigenvalue weighted by molar-refractivity contribution is 0.0628. The number of amides is 1. The molecule has 0 atom stereocenters. The lowest BCUT2D eigenvalue weighted by Crippen LogP contribution is -2.48. The van der Waals surface area contributed by atoms with Crippen LogP contribution >= 0.6 is 0 Å². The summed E-state index contributed by atoms with van der Waals surface area (Å²) in [6, 6.07) is 9.97. The predicted molar refractivity (Wildman–Crippen MR) is 107 cm³/mol. The molecule has 7 heteroatoms. The van der Waals surface area contributed by atoms with Crippen LogP contribution in [0.2, 0.25) is 0 Å². The van der Waals surface area contributed by atoms with Crippen LogP contribution in [0.15, 0.2) is 36.5 Å². The van der Waals surface area contributed by atoms with Crippen LogP contribution in [0.25, 0.3) is 0 Å². The van der Waals surface area contributed by atoms with Crippen molar-refractivity contribution in [3.05, 3.63) is 47.7 Å². The molecule has 1 fully saturated rings. The van der Waals surface area contributed by atoms with E-state index in [0.717, 1.165) is 50.0 Å². The van der Waals surface area contributed by atoms with Gasteiger partial charge in [0.2, 0.25) is 6.79 Å². The summed E-state index contributed by atoms with van der Waals surface area (Å²) in [4.78, 5) is 21.4. The van der Waals surface area contributed by atoms with Gasteiger partial charge in [-0.3, -0.25) is 9.69 Å². The van der Waals surface area contributed by atoms with Crippen molar-refractivity contribution in [1.29, 1.82) is 0 Å². The summed E-state index contributed by atoms with van der Waals surface area (Å²) in [6.07, 6.45) is 1.69. The molecule has 2 aliphatic rings. The molecule has 1 aromatic heterocycles. The first-order valence-corrected chi connectivity index (χ1v) is 9.71. The lowest BCUT2D eigenvalue weighted by Gasteiger charge is -2.34. The highest BCUT2D eigenvalue weighted by atomic mass is 16.7. The van der Waals surface area contributed by atoms with Crippen molar-refractivity contribution < 1.29 is 14.3 Å². The van der Waals surface area contributed by atoms with Crippen molar-refractivity contribution in [1.82, 2.24) is 14.8 Å². The summed E-state index contributed by atoms with van der Waals surface area (Å²) in [5, 5.41) is 3.25. The van der Waals surface area contributed by atoms with Crippen LogP contribution in [0.5, 0.6) is 11.5 Å². The molecule has 0 unspecified atom stereocenters. The third-order valence-corrected chi connectivity index (χ3v) is 4.95. The second kappa shape index (κ2) is 8.06. The number of nitrogens with zero attached hydrogens (tertiary/aromatic N) is 3. The number of carbonyl (C=O) groups excluding carboxylic acids is 1. The van der Waals surface area contributed by atoms with Gasteiger partial charge in [0.05, 0.1) is 0 Å². The van der Waals surface area contributed by atoms with E-state index in [1.807, 2.05) is 23.1 Å². The summed E-state index contributed by atoms with van der Waals surface area (Å²) < 4.78 is 10.8. The van der Waals surface area contributed by atoms with Crippen molar-refractivity contribution in [3.63, 3.8) is 0 Å². The van der Waals surface area contributed by atoms with Crippen LogP contribution in [-0.2, 0) is 6.54 Å². The fraction of sp³-hybridized carbons (Fsp3) is 0.429. The number of hydrogen-bond acceptors (Lipinski definition) is 6. The maximum absolute atomic E-state index is 12.9. The number of hydrogen-bond donors (Lipinski definition) is 1. The zero-order valence-electron chi connectivity index (χ0n) is 16.4. The van der Waals surface area contributed by atoms with E-state index >= 15 is 0 Å². The Morgan fingerprint density at radius 2 is 1.89 bits per heavy atom. The highest BCUT2D eigenvalue weighted by Gasteiger charge is 2.23. The van der Waals surface area contributed by atoms with Gasteiger partial charge in [-0.1, -0.05) is 6.07 Å². The van der Waals surface area contributed by atoms with Gasteiger partial charge in [-0.2, -0.15) is 0 Å².